The molecule has 4 rings (SSSR count). The van der Waals surface area contributed by atoms with Gasteiger partial charge in [0.05, 0.1) is 73.5 Å². The van der Waals surface area contributed by atoms with Gasteiger partial charge in [-0.25, -0.2) is 4.98 Å². The summed E-state index contributed by atoms with van der Waals surface area (Å²) in [6, 6.07) is 9.21. The van der Waals surface area contributed by atoms with Crippen LogP contribution in [0.5, 0.6) is 11.5 Å². The number of ether oxygens (including phenoxy) is 4. The third-order valence-corrected chi connectivity index (χ3v) is 7.52. The minimum atomic E-state index is -0.480. The Morgan fingerprint density at radius 3 is 1.88 bits per heavy atom. The summed E-state index contributed by atoms with van der Waals surface area (Å²) in [5, 5.41) is 33.0. The number of fused-ring (bicyclic) bond motifs is 1. The monoisotopic (exact) mass is 638 g/mol. The van der Waals surface area contributed by atoms with E-state index < -0.39 is 4.92 Å². The fourth-order valence-electron chi connectivity index (χ4n) is 4.57. The Kier molecular flexibility index (Phi) is 13.0. The van der Waals surface area contributed by atoms with E-state index in [1.165, 1.54) is 24.3 Å². The lowest BCUT2D eigenvalue weighted by molar-refractivity contribution is -0.385. The van der Waals surface area contributed by atoms with Crippen LogP contribution in [-0.2, 0) is 32.0 Å². The van der Waals surface area contributed by atoms with Crippen molar-refractivity contribution in [3.05, 3.63) is 67.8 Å². The second kappa shape index (κ2) is 16.9. The molecule has 12 nitrogen and oxygen atoms in total. The van der Waals surface area contributed by atoms with Crippen molar-refractivity contribution in [3.63, 3.8) is 0 Å². The number of nitrogens with zero attached hydrogens (tertiary/aromatic N) is 4. The number of phenolic OH excluding ortho intramolecular Hbond substituents is 2. The standard InChI is InChI=1S/C29H36Cl2N4O8/c30-25-18-26(31)29(37)28-24(25)3-1-22(32-28)20-34-7-11-42-15-13-40-9-5-33(6-10-41-14-16-43-12-8-34)19-21-17-23(35(38)39)2-4-27(21)36/h1-4,17-18,36-37H,5-16,19-20H2. The van der Waals surface area contributed by atoms with Crippen LogP contribution in [0.4, 0.5) is 5.69 Å². The third kappa shape index (κ3) is 10.1. The van der Waals surface area contributed by atoms with Crippen molar-refractivity contribution in [1.82, 2.24) is 14.8 Å². The molecule has 3 aromatic rings. The van der Waals surface area contributed by atoms with E-state index in [0.29, 0.717) is 114 Å². The second-order valence-corrected chi connectivity index (χ2v) is 10.8. The summed E-state index contributed by atoms with van der Waals surface area (Å²) in [7, 11) is 0. The third-order valence-electron chi connectivity index (χ3n) is 6.92. The van der Waals surface area contributed by atoms with E-state index in [2.05, 4.69) is 9.88 Å². The number of benzene rings is 2. The van der Waals surface area contributed by atoms with E-state index in [1.807, 2.05) is 17.0 Å². The maximum atomic E-state index is 11.2. The molecule has 2 N–H and O–H groups in total. The summed E-state index contributed by atoms with van der Waals surface area (Å²) in [6.45, 7) is 6.59. The Morgan fingerprint density at radius 2 is 1.33 bits per heavy atom. The van der Waals surface area contributed by atoms with Crippen LogP contribution < -0.4 is 0 Å². The van der Waals surface area contributed by atoms with Crippen LogP contribution in [0.1, 0.15) is 11.3 Å². The van der Waals surface area contributed by atoms with E-state index in [0.717, 1.165) is 5.69 Å². The summed E-state index contributed by atoms with van der Waals surface area (Å²) < 4.78 is 23.1. The van der Waals surface area contributed by atoms with Crippen molar-refractivity contribution >= 4 is 39.8 Å². The van der Waals surface area contributed by atoms with Crippen LogP contribution in [-0.4, -0.2) is 109 Å². The number of aromatic hydroxyl groups is 2. The van der Waals surface area contributed by atoms with Gasteiger partial charge in [-0.3, -0.25) is 19.9 Å². The Balaban J connectivity index is 1.30. The van der Waals surface area contributed by atoms with Crippen LogP contribution in [0.3, 0.4) is 0 Å². The number of non-ortho nitro benzene ring substituents is 1. The highest BCUT2D eigenvalue weighted by atomic mass is 35.5. The number of hydrogen-bond acceptors (Lipinski definition) is 11. The molecule has 1 fully saturated rings. The maximum absolute atomic E-state index is 11.2. The van der Waals surface area contributed by atoms with E-state index >= 15 is 0 Å². The van der Waals surface area contributed by atoms with Gasteiger partial charge in [0.1, 0.15) is 11.3 Å². The Hall–Kier alpha value is -2.81. The fourth-order valence-corrected chi connectivity index (χ4v) is 5.09. The molecule has 0 bridgehead atoms. The first-order valence-corrected chi connectivity index (χ1v) is 14.8. The SMILES string of the molecule is O=[N+]([O-])c1ccc(O)c(CN2CCOCCOCCN(Cc3ccc4c(Cl)cc(Cl)c(O)c4n3)CCOCCOCC2)c1. The van der Waals surface area contributed by atoms with Crippen molar-refractivity contribution in [3.8, 4) is 11.5 Å². The van der Waals surface area contributed by atoms with Gasteiger partial charge in [-0.2, -0.15) is 0 Å². The molecule has 1 aliphatic rings. The molecule has 0 spiro atoms. The summed E-state index contributed by atoms with van der Waals surface area (Å²) in [4.78, 5) is 19.5. The second-order valence-electron chi connectivity index (χ2n) is 9.96. The number of phenols is 2. The highest BCUT2D eigenvalue weighted by Gasteiger charge is 2.16. The minimum absolute atomic E-state index is 0.00563. The predicted molar refractivity (Wildman–Crippen MR) is 162 cm³/mol. The van der Waals surface area contributed by atoms with E-state index in [4.69, 9.17) is 42.1 Å². The van der Waals surface area contributed by atoms with Crippen LogP contribution in [0.25, 0.3) is 10.9 Å². The topological polar surface area (TPSA) is 140 Å². The molecule has 0 unspecified atom stereocenters. The minimum Gasteiger partial charge on any atom is -0.508 e. The number of rotatable bonds is 5. The summed E-state index contributed by atoms with van der Waals surface area (Å²) >= 11 is 12.4. The number of halogens is 2. The van der Waals surface area contributed by atoms with Crippen LogP contribution in [0, 0.1) is 10.1 Å². The lowest BCUT2D eigenvalue weighted by atomic mass is 10.1. The number of hydrogen-bond donors (Lipinski definition) is 2. The zero-order valence-corrected chi connectivity index (χ0v) is 25.3. The van der Waals surface area contributed by atoms with E-state index in [1.54, 1.807) is 0 Å². The maximum Gasteiger partial charge on any atom is 0.270 e. The molecule has 2 aromatic carbocycles. The Labute approximate surface area is 259 Å². The van der Waals surface area contributed by atoms with Gasteiger partial charge in [-0.05, 0) is 24.3 Å². The Morgan fingerprint density at radius 1 is 0.767 bits per heavy atom. The van der Waals surface area contributed by atoms with Gasteiger partial charge in [-0.1, -0.05) is 23.2 Å². The molecule has 0 amide bonds. The molecule has 234 valence electrons. The number of nitro groups is 1. The summed E-state index contributed by atoms with van der Waals surface area (Å²) in [5.41, 5.74) is 1.50. The number of aromatic nitrogens is 1. The zero-order chi connectivity index (χ0) is 30.6. The normalized spacial score (nSPS) is 17.8. The molecule has 0 saturated carbocycles. The zero-order valence-electron chi connectivity index (χ0n) is 23.8. The van der Waals surface area contributed by atoms with Gasteiger partial charge in [0.25, 0.3) is 5.69 Å². The molecule has 1 aliphatic heterocycles. The van der Waals surface area contributed by atoms with Gasteiger partial charge < -0.3 is 29.2 Å². The first-order chi connectivity index (χ1) is 20.8. The lowest BCUT2D eigenvalue weighted by Gasteiger charge is -2.24. The van der Waals surface area contributed by atoms with Gasteiger partial charge in [0.15, 0.2) is 5.75 Å². The molecule has 2 heterocycles. The van der Waals surface area contributed by atoms with Gasteiger partial charge >= 0.3 is 0 Å². The number of nitro benzene ring substituents is 1. The largest absolute Gasteiger partial charge is 0.508 e. The van der Waals surface area contributed by atoms with Crippen molar-refractivity contribution in [2.24, 2.45) is 0 Å². The molecule has 14 heteroatoms. The van der Waals surface area contributed by atoms with Gasteiger partial charge in [-0.15, -0.1) is 0 Å². The van der Waals surface area contributed by atoms with Crippen molar-refractivity contribution in [1.29, 1.82) is 0 Å². The molecule has 0 atom stereocenters. The van der Waals surface area contributed by atoms with Gasteiger partial charge in [0, 0.05) is 62.4 Å². The average Bonchev–Trinajstić information content (AvgIpc) is 2.98. The molecule has 1 aromatic heterocycles. The van der Waals surface area contributed by atoms with Crippen LogP contribution in [0.15, 0.2) is 36.4 Å². The van der Waals surface area contributed by atoms with Crippen molar-refractivity contribution < 1.29 is 34.1 Å². The molecular formula is C29H36Cl2N4O8. The Bertz CT molecular complexity index is 1350. The molecule has 0 aliphatic carbocycles. The first kappa shape index (κ1) is 33.1. The molecule has 0 radical (unpaired) electrons. The van der Waals surface area contributed by atoms with E-state index in [-0.39, 0.29) is 22.2 Å². The van der Waals surface area contributed by atoms with Crippen LogP contribution in [0.2, 0.25) is 10.0 Å². The summed E-state index contributed by atoms with van der Waals surface area (Å²) in [5.74, 6) is -0.0920. The number of pyridine rings is 1. The highest BCUT2D eigenvalue weighted by molar-refractivity contribution is 6.39. The van der Waals surface area contributed by atoms with E-state index in [9.17, 15) is 20.3 Å². The van der Waals surface area contributed by atoms with Crippen molar-refractivity contribution in [2.45, 2.75) is 13.1 Å². The molecule has 1 saturated heterocycles. The smallest absolute Gasteiger partial charge is 0.270 e. The molecule has 43 heavy (non-hydrogen) atoms. The average molecular weight is 640 g/mol. The fraction of sp³-hybridized carbons (Fsp3) is 0.483. The van der Waals surface area contributed by atoms with Crippen LogP contribution >= 0.6 is 23.2 Å². The quantitative estimate of drug-likeness (QED) is 0.306. The predicted octanol–water partition coefficient (Wildman–Crippen LogP) is 4.25. The lowest BCUT2D eigenvalue weighted by Crippen LogP contribution is -2.33. The summed E-state index contributed by atoms with van der Waals surface area (Å²) in [6.07, 6.45) is 0. The first-order valence-electron chi connectivity index (χ1n) is 14.0. The molecular weight excluding hydrogens is 603 g/mol. The van der Waals surface area contributed by atoms with Crippen molar-refractivity contribution in [2.75, 3.05) is 79.0 Å². The highest BCUT2D eigenvalue weighted by Crippen LogP contribution is 2.36. The van der Waals surface area contributed by atoms with Gasteiger partial charge in [0.2, 0.25) is 0 Å².